The number of nitrogens with zero attached hydrogens (tertiary/aromatic N) is 2. The van der Waals surface area contributed by atoms with Gasteiger partial charge in [-0.05, 0) is 39.5 Å². The molecule has 0 saturated heterocycles. The number of nitrogens with one attached hydrogen (secondary N) is 1. The first kappa shape index (κ1) is 19.7. The van der Waals surface area contributed by atoms with Crippen LogP contribution < -0.4 is 10.5 Å². The zero-order chi connectivity index (χ0) is 17.1. The highest BCUT2D eigenvalue weighted by Gasteiger charge is 2.13. The molecule has 0 unspecified atom stereocenters. The van der Waals surface area contributed by atoms with Gasteiger partial charge in [-0.2, -0.15) is 0 Å². The number of hydrogen-bond donors (Lipinski definition) is 1. The van der Waals surface area contributed by atoms with Crippen molar-refractivity contribution < 1.29 is 0 Å². The lowest BCUT2D eigenvalue weighted by Crippen LogP contribution is -2.29. The zero-order valence-corrected chi connectivity index (χ0v) is 15.6. The molecule has 0 radical (unpaired) electrons. The smallest absolute Gasteiger partial charge is 0.255 e. The van der Waals surface area contributed by atoms with Gasteiger partial charge in [-0.3, -0.25) is 9.78 Å². The second-order valence-electron chi connectivity index (χ2n) is 6.25. The Balaban J connectivity index is 2.98. The van der Waals surface area contributed by atoms with E-state index in [1.807, 2.05) is 0 Å². The molecule has 0 aromatic carbocycles. The molecule has 4 heteroatoms. The largest absolute Gasteiger partial charge is 0.343 e. The Morgan fingerprint density at radius 1 is 0.870 bits per heavy atom. The number of hydrogen-bond acceptors (Lipinski definition) is 3. The molecule has 0 spiro atoms. The molecule has 0 aliphatic carbocycles. The minimum absolute atomic E-state index is 0.0727. The van der Waals surface area contributed by atoms with Crippen molar-refractivity contribution in [3.05, 3.63) is 21.6 Å². The van der Waals surface area contributed by atoms with Crippen LogP contribution in [0.25, 0.3) is 0 Å². The highest BCUT2D eigenvalue weighted by Crippen LogP contribution is 2.14. The number of unbranched alkanes of at least 4 members (excludes halogenated alkanes) is 5. The molecule has 0 fully saturated rings. The van der Waals surface area contributed by atoms with Gasteiger partial charge in [-0.1, -0.05) is 46.0 Å². The van der Waals surface area contributed by atoms with Crippen molar-refractivity contribution in [3.8, 4) is 0 Å². The standard InChI is InChI=1S/C19H35N3O/c1-5-9-11-13-15-17-16(14-12-10-6-2)18(23)21-19(20-17)22(7-3)8-4/h5-15H2,1-4H3,(H,20,21,23). The third-order valence-corrected chi connectivity index (χ3v) is 4.45. The molecule has 0 saturated carbocycles. The third kappa shape index (κ3) is 6.36. The monoisotopic (exact) mass is 321 g/mol. The van der Waals surface area contributed by atoms with Crippen LogP contribution >= 0.6 is 0 Å². The van der Waals surface area contributed by atoms with Crippen LogP contribution in [-0.2, 0) is 12.8 Å². The summed E-state index contributed by atoms with van der Waals surface area (Å²) in [6, 6.07) is 0. The molecule has 0 bridgehead atoms. The maximum atomic E-state index is 12.6. The van der Waals surface area contributed by atoms with E-state index in [1.165, 1.54) is 32.1 Å². The van der Waals surface area contributed by atoms with Crippen LogP contribution in [0.4, 0.5) is 5.95 Å². The number of anilines is 1. The number of H-pyrrole nitrogens is 1. The van der Waals surface area contributed by atoms with E-state index in [-0.39, 0.29) is 5.56 Å². The molecule has 1 rings (SSSR count). The van der Waals surface area contributed by atoms with Crippen molar-refractivity contribution in [3.63, 3.8) is 0 Å². The Kier molecular flexibility index (Phi) is 9.65. The second kappa shape index (κ2) is 11.3. The first-order valence-corrected chi connectivity index (χ1v) is 9.54. The zero-order valence-electron chi connectivity index (χ0n) is 15.6. The summed E-state index contributed by atoms with van der Waals surface area (Å²) in [4.78, 5) is 22.5. The highest BCUT2D eigenvalue weighted by molar-refractivity contribution is 5.33. The molecule has 1 aromatic heterocycles. The van der Waals surface area contributed by atoms with E-state index in [4.69, 9.17) is 4.98 Å². The van der Waals surface area contributed by atoms with Crippen LogP contribution in [-0.4, -0.2) is 23.1 Å². The number of aromatic amines is 1. The van der Waals surface area contributed by atoms with Crippen LogP contribution in [0.5, 0.6) is 0 Å². The summed E-state index contributed by atoms with van der Waals surface area (Å²) < 4.78 is 0. The SMILES string of the molecule is CCCCCCc1nc(N(CC)CC)[nH]c(=O)c1CCCCC. The Morgan fingerprint density at radius 3 is 2.09 bits per heavy atom. The van der Waals surface area contributed by atoms with E-state index in [9.17, 15) is 4.79 Å². The van der Waals surface area contributed by atoms with Crippen molar-refractivity contribution in [2.24, 2.45) is 0 Å². The van der Waals surface area contributed by atoms with Gasteiger partial charge in [-0.15, -0.1) is 0 Å². The lowest BCUT2D eigenvalue weighted by molar-refractivity contribution is 0.646. The van der Waals surface area contributed by atoms with E-state index in [1.54, 1.807) is 0 Å². The molecule has 132 valence electrons. The first-order chi connectivity index (χ1) is 11.2. The van der Waals surface area contributed by atoms with Crippen molar-refractivity contribution in [1.82, 2.24) is 9.97 Å². The predicted octanol–water partition coefficient (Wildman–Crippen LogP) is 4.47. The number of aryl methyl sites for hydroxylation is 1. The molecule has 1 N–H and O–H groups in total. The van der Waals surface area contributed by atoms with Crippen LogP contribution in [0.2, 0.25) is 0 Å². The molecule has 1 heterocycles. The van der Waals surface area contributed by atoms with Crippen molar-refractivity contribution in [1.29, 1.82) is 0 Å². The van der Waals surface area contributed by atoms with Gasteiger partial charge in [0.25, 0.3) is 5.56 Å². The van der Waals surface area contributed by atoms with E-state index in [0.717, 1.165) is 56.0 Å². The second-order valence-corrected chi connectivity index (χ2v) is 6.25. The molecule has 4 nitrogen and oxygen atoms in total. The number of rotatable bonds is 12. The molecule has 0 atom stereocenters. The molecular weight excluding hydrogens is 286 g/mol. The fourth-order valence-electron chi connectivity index (χ4n) is 2.94. The lowest BCUT2D eigenvalue weighted by atomic mass is 10.0. The Hall–Kier alpha value is -1.32. The topological polar surface area (TPSA) is 49.0 Å². The minimum atomic E-state index is 0.0727. The minimum Gasteiger partial charge on any atom is -0.343 e. The Morgan fingerprint density at radius 2 is 1.48 bits per heavy atom. The fourth-order valence-corrected chi connectivity index (χ4v) is 2.94. The summed E-state index contributed by atoms with van der Waals surface area (Å²) in [6.45, 7) is 10.3. The van der Waals surface area contributed by atoms with Gasteiger partial charge < -0.3 is 4.90 Å². The van der Waals surface area contributed by atoms with E-state index in [2.05, 4.69) is 37.6 Å². The maximum absolute atomic E-state index is 12.6. The van der Waals surface area contributed by atoms with E-state index < -0.39 is 0 Å². The van der Waals surface area contributed by atoms with Crippen LogP contribution in [0.3, 0.4) is 0 Å². The molecule has 23 heavy (non-hydrogen) atoms. The predicted molar refractivity (Wildman–Crippen MR) is 99.5 cm³/mol. The average molecular weight is 322 g/mol. The summed E-state index contributed by atoms with van der Waals surface area (Å²) in [5.74, 6) is 0.740. The van der Waals surface area contributed by atoms with Crippen LogP contribution in [0, 0.1) is 0 Å². The molecule has 0 aliphatic rings. The van der Waals surface area contributed by atoms with Gasteiger partial charge in [-0.25, -0.2) is 4.98 Å². The van der Waals surface area contributed by atoms with Gasteiger partial charge >= 0.3 is 0 Å². The highest BCUT2D eigenvalue weighted by atomic mass is 16.1. The Labute approximate surface area is 141 Å². The normalized spacial score (nSPS) is 11.0. The van der Waals surface area contributed by atoms with Crippen molar-refractivity contribution >= 4 is 5.95 Å². The lowest BCUT2D eigenvalue weighted by Gasteiger charge is -2.20. The quantitative estimate of drug-likeness (QED) is 0.578. The number of aromatic nitrogens is 2. The Bertz CT molecular complexity index is 492. The molecule has 1 aromatic rings. The van der Waals surface area contributed by atoms with Crippen molar-refractivity contribution in [2.75, 3.05) is 18.0 Å². The summed E-state index contributed by atoms with van der Waals surface area (Å²) in [7, 11) is 0. The van der Waals surface area contributed by atoms with Gasteiger partial charge in [0.2, 0.25) is 5.95 Å². The first-order valence-electron chi connectivity index (χ1n) is 9.54. The summed E-state index contributed by atoms with van der Waals surface area (Å²) >= 11 is 0. The van der Waals surface area contributed by atoms with Gasteiger partial charge in [0, 0.05) is 18.7 Å². The van der Waals surface area contributed by atoms with Gasteiger partial charge in [0.15, 0.2) is 0 Å². The summed E-state index contributed by atoms with van der Waals surface area (Å²) in [5, 5.41) is 0. The summed E-state index contributed by atoms with van der Waals surface area (Å²) in [5.41, 5.74) is 2.03. The third-order valence-electron chi connectivity index (χ3n) is 4.45. The van der Waals surface area contributed by atoms with Crippen LogP contribution in [0.15, 0.2) is 4.79 Å². The van der Waals surface area contributed by atoms with E-state index >= 15 is 0 Å². The average Bonchev–Trinajstić information content (AvgIpc) is 2.55. The van der Waals surface area contributed by atoms with Crippen LogP contribution in [0.1, 0.15) is 83.9 Å². The molecular formula is C19H35N3O. The summed E-state index contributed by atoms with van der Waals surface area (Å²) in [6.07, 6.45) is 10.1. The fraction of sp³-hybridized carbons (Fsp3) is 0.789. The molecule has 0 aliphatic heterocycles. The van der Waals surface area contributed by atoms with E-state index in [0.29, 0.717) is 0 Å². The molecule has 0 amide bonds. The maximum Gasteiger partial charge on any atom is 0.255 e. The van der Waals surface area contributed by atoms with Gasteiger partial charge in [0.05, 0.1) is 5.69 Å². The van der Waals surface area contributed by atoms with Gasteiger partial charge in [0.1, 0.15) is 0 Å². The van der Waals surface area contributed by atoms with Crippen molar-refractivity contribution in [2.45, 2.75) is 85.5 Å².